The highest BCUT2D eigenvalue weighted by Gasteiger charge is 2.09. The first-order valence-electron chi connectivity index (χ1n) is 4.39. The molecule has 2 heterocycles. The zero-order chi connectivity index (χ0) is 11.7. The summed E-state index contributed by atoms with van der Waals surface area (Å²) in [5, 5.41) is 1.20. The van der Waals surface area contributed by atoms with Crippen molar-refractivity contribution in [2.45, 2.75) is 6.92 Å². The van der Waals surface area contributed by atoms with E-state index < -0.39 is 0 Å². The Balaban J connectivity index is 2.52. The molecular weight excluding hydrogens is 268 g/mol. The van der Waals surface area contributed by atoms with Crippen LogP contribution in [0, 0.1) is 6.92 Å². The molecule has 16 heavy (non-hydrogen) atoms. The minimum absolute atomic E-state index is 0.326. The predicted molar refractivity (Wildman–Crippen MR) is 65.0 cm³/mol. The van der Waals surface area contributed by atoms with E-state index in [1.165, 1.54) is 6.20 Å². The summed E-state index contributed by atoms with van der Waals surface area (Å²) in [6.07, 6.45) is 1.52. The Morgan fingerprint density at radius 2 is 1.62 bits per heavy atom. The van der Waals surface area contributed by atoms with Gasteiger partial charge in [-0.3, -0.25) is 4.98 Å². The first-order chi connectivity index (χ1) is 7.58. The molecule has 0 atom stereocenters. The van der Waals surface area contributed by atoms with Crippen LogP contribution in [0.2, 0.25) is 15.3 Å². The van der Waals surface area contributed by atoms with Gasteiger partial charge in [0.25, 0.3) is 0 Å². The van der Waals surface area contributed by atoms with Gasteiger partial charge in [-0.25, -0.2) is 9.97 Å². The van der Waals surface area contributed by atoms with Crippen molar-refractivity contribution in [2.24, 2.45) is 0 Å². The molecule has 0 aliphatic heterocycles. The number of pyridine rings is 1. The molecule has 0 bridgehead atoms. The van der Waals surface area contributed by atoms with Crippen LogP contribution in [0.4, 0.5) is 0 Å². The molecule has 0 aliphatic rings. The first-order valence-corrected chi connectivity index (χ1v) is 5.53. The van der Waals surface area contributed by atoms with Gasteiger partial charge in [0, 0.05) is 11.8 Å². The fourth-order valence-corrected chi connectivity index (χ4v) is 1.59. The van der Waals surface area contributed by atoms with Gasteiger partial charge in [-0.1, -0.05) is 34.8 Å². The fourth-order valence-electron chi connectivity index (χ4n) is 1.09. The molecule has 0 spiro atoms. The van der Waals surface area contributed by atoms with Crippen molar-refractivity contribution in [1.29, 1.82) is 0 Å². The Morgan fingerprint density at radius 3 is 2.12 bits per heavy atom. The van der Waals surface area contributed by atoms with Gasteiger partial charge in [-0.2, -0.15) is 0 Å². The highest BCUT2D eigenvalue weighted by Crippen LogP contribution is 2.24. The summed E-state index contributed by atoms with van der Waals surface area (Å²) in [5.41, 5.74) is 1.23. The second-order valence-corrected chi connectivity index (χ2v) is 4.27. The zero-order valence-electron chi connectivity index (χ0n) is 8.21. The number of hydrogen-bond acceptors (Lipinski definition) is 3. The van der Waals surface area contributed by atoms with E-state index in [0.717, 1.165) is 0 Å². The van der Waals surface area contributed by atoms with Crippen molar-refractivity contribution in [2.75, 3.05) is 0 Å². The second kappa shape index (κ2) is 4.53. The topological polar surface area (TPSA) is 38.7 Å². The third-order valence-corrected chi connectivity index (χ3v) is 2.94. The van der Waals surface area contributed by atoms with Crippen LogP contribution in [0.1, 0.15) is 5.56 Å². The van der Waals surface area contributed by atoms with Crippen molar-refractivity contribution in [1.82, 2.24) is 15.0 Å². The summed E-state index contributed by atoms with van der Waals surface area (Å²) in [6, 6.07) is 3.41. The van der Waals surface area contributed by atoms with E-state index in [9.17, 15) is 0 Å². The van der Waals surface area contributed by atoms with Crippen LogP contribution in [-0.4, -0.2) is 15.0 Å². The molecule has 0 saturated carbocycles. The third-order valence-electron chi connectivity index (χ3n) is 1.98. The van der Waals surface area contributed by atoms with Crippen LogP contribution < -0.4 is 0 Å². The van der Waals surface area contributed by atoms with Gasteiger partial charge in [-0.05, 0) is 19.1 Å². The summed E-state index contributed by atoms with van der Waals surface area (Å²) in [4.78, 5) is 12.3. The highest BCUT2D eigenvalue weighted by atomic mass is 35.5. The van der Waals surface area contributed by atoms with Gasteiger partial charge in [-0.15, -0.1) is 0 Å². The van der Waals surface area contributed by atoms with Crippen molar-refractivity contribution < 1.29 is 0 Å². The van der Waals surface area contributed by atoms with E-state index in [4.69, 9.17) is 34.8 Å². The molecule has 2 aromatic rings. The average molecular weight is 275 g/mol. The molecule has 0 amide bonds. The van der Waals surface area contributed by atoms with Gasteiger partial charge in [0.15, 0.2) is 5.82 Å². The molecule has 2 aromatic heterocycles. The average Bonchev–Trinajstić information content (AvgIpc) is 2.26. The lowest BCUT2D eigenvalue weighted by molar-refractivity contribution is 1.11. The first kappa shape index (κ1) is 11.6. The smallest absolute Gasteiger partial charge is 0.181 e. The van der Waals surface area contributed by atoms with Crippen LogP contribution >= 0.6 is 34.8 Å². The van der Waals surface area contributed by atoms with Gasteiger partial charge >= 0.3 is 0 Å². The molecule has 0 aromatic carbocycles. The summed E-state index contributed by atoms with van der Waals surface area (Å²) in [6.45, 7) is 1.75. The summed E-state index contributed by atoms with van der Waals surface area (Å²) in [7, 11) is 0. The lowest BCUT2D eigenvalue weighted by Crippen LogP contribution is -1.95. The van der Waals surface area contributed by atoms with Crippen molar-refractivity contribution in [3.05, 3.63) is 39.2 Å². The minimum Gasteiger partial charge on any atom is -0.251 e. The molecule has 0 radical (unpaired) electrons. The fraction of sp³-hybridized carbons (Fsp3) is 0.100. The molecule has 0 unspecified atom stereocenters. The van der Waals surface area contributed by atoms with Gasteiger partial charge < -0.3 is 0 Å². The molecular formula is C10H6Cl3N3. The van der Waals surface area contributed by atoms with Gasteiger partial charge in [0.05, 0.1) is 5.02 Å². The van der Waals surface area contributed by atoms with Gasteiger partial charge in [0.1, 0.15) is 16.0 Å². The van der Waals surface area contributed by atoms with Crippen molar-refractivity contribution >= 4 is 34.8 Å². The quantitative estimate of drug-likeness (QED) is 0.742. The summed E-state index contributed by atoms with van der Waals surface area (Å²) >= 11 is 17.6. The molecule has 0 fully saturated rings. The largest absolute Gasteiger partial charge is 0.251 e. The molecule has 82 valence electrons. The van der Waals surface area contributed by atoms with E-state index >= 15 is 0 Å². The lowest BCUT2D eigenvalue weighted by Gasteiger charge is -2.03. The molecule has 0 N–H and O–H groups in total. The van der Waals surface area contributed by atoms with Crippen LogP contribution in [0.15, 0.2) is 18.3 Å². The molecule has 0 saturated heterocycles. The van der Waals surface area contributed by atoms with Crippen molar-refractivity contribution in [3.63, 3.8) is 0 Å². The maximum absolute atomic E-state index is 5.91. The summed E-state index contributed by atoms with van der Waals surface area (Å²) in [5.74, 6) is 0.386. The summed E-state index contributed by atoms with van der Waals surface area (Å²) < 4.78 is 0. The second-order valence-electron chi connectivity index (χ2n) is 3.12. The number of nitrogens with zero attached hydrogens (tertiary/aromatic N) is 3. The molecule has 3 nitrogen and oxygen atoms in total. The number of aromatic nitrogens is 3. The number of halogens is 3. The maximum atomic E-state index is 5.91. The molecule has 2 rings (SSSR count). The molecule has 0 aliphatic carbocycles. The highest BCUT2D eigenvalue weighted by molar-refractivity contribution is 6.34. The Hall–Kier alpha value is -0.900. The Labute approximate surface area is 107 Å². The third kappa shape index (κ3) is 2.26. The number of rotatable bonds is 1. The van der Waals surface area contributed by atoms with Crippen LogP contribution in [0.25, 0.3) is 11.5 Å². The Bertz CT molecular complexity index is 502. The number of hydrogen-bond donors (Lipinski definition) is 0. The zero-order valence-corrected chi connectivity index (χ0v) is 10.5. The van der Waals surface area contributed by atoms with Crippen LogP contribution in [-0.2, 0) is 0 Å². The SMILES string of the molecule is Cc1c(Cl)nc(-c2ccc(Cl)cn2)nc1Cl. The van der Waals surface area contributed by atoms with E-state index in [-0.39, 0.29) is 0 Å². The van der Waals surface area contributed by atoms with Crippen LogP contribution in [0.5, 0.6) is 0 Å². The van der Waals surface area contributed by atoms with E-state index in [1.54, 1.807) is 19.1 Å². The van der Waals surface area contributed by atoms with Crippen molar-refractivity contribution in [3.8, 4) is 11.5 Å². The lowest BCUT2D eigenvalue weighted by atomic mass is 10.3. The standard InChI is InChI=1S/C10H6Cl3N3/c1-5-8(12)15-10(16-9(5)13)7-3-2-6(11)4-14-7/h2-4H,1H3. The maximum Gasteiger partial charge on any atom is 0.181 e. The van der Waals surface area contributed by atoms with E-state index in [1.807, 2.05) is 0 Å². The minimum atomic E-state index is 0.326. The monoisotopic (exact) mass is 273 g/mol. The Kier molecular flexibility index (Phi) is 3.28. The predicted octanol–water partition coefficient (Wildman–Crippen LogP) is 3.81. The van der Waals surface area contributed by atoms with Gasteiger partial charge in [0.2, 0.25) is 0 Å². The normalized spacial score (nSPS) is 10.5. The molecule has 6 heteroatoms. The Morgan fingerprint density at radius 1 is 1.00 bits per heavy atom. The van der Waals surface area contributed by atoms with E-state index in [0.29, 0.717) is 32.4 Å². The van der Waals surface area contributed by atoms with Crippen LogP contribution in [0.3, 0.4) is 0 Å². The van der Waals surface area contributed by atoms with E-state index in [2.05, 4.69) is 15.0 Å².